The fraction of sp³-hybridized carbons (Fsp3) is 0. The van der Waals surface area contributed by atoms with E-state index in [0.717, 1.165) is 25.7 Å². The first-order chi connectivity index (χ1) is 13.5. The molecule has 0 fully saturated rings. The topological polar surface area (TPSA) is 84.2 Å². The molecule has 0 saturated carbocycles. The van der Waals surface area contributed by atoms with Crippen LogP contribution >= 0.6 is 51.1 Å². The Bertz CT molecular complexity index is 1160. The van der Waals surface area contributed by atoms with Crippen molar-refractivity contribution in [1.82, 2.24) is 25.1 Å². The van der Waals surface area contributed by atoms with Crippen LogP contribution in [-0.2, 0) is 0 Å². The van der Waals surface area contributed by atoms with E-state index in [1.807, 2.05) is 24.3 Å². The van der Waals surface area contributed by atoms with E-state index in [-0.39, 0.29) is 11.0 Å². The van der Waals surface area contributed by atoms with Gasteiger partial charge in [0.05, 0.1) is 10.6 Å². The average molecular weight is 494 g/mol. The summed E-state index contributed by atoms with van der Waals surface area (Å²) in [4.78, 5) is 13.1. The molecule has 28 heavy (non-hydrogen) atoms. The summed E-state index contributed by atoms with van der Waals surface area (Å²) in [5, 5.41) is 19.1. The van der Waals surface area contributed by atoms with Crippen LogP contribution in [-0.4, -0.2) is 30.8 Å². The second kappa shape index (κ2) is 7.92. The number of thiocarbonyl (C=S) groups is 1. The van der Waals surface area contributed by atoms with Crippen molar-refractivity contribution in [2.75, 3.05) is 5.32 Å². The van der Waals surface area contributed by atoms with Gasteiger partial charge in [0.25, 0.3) is 5.91 Å². The highest BCUT2D eigenvalue weighted by atomic mass is 79.9. The van der Waals surface area contributed by atoms with E-state index in [2.05, 4.69) is 41.9 Å². The highest BCUT2D eigenvalue weighted by Gasteiger charge is 2.13. The second-order valence-electron chi connectivity index (χ2n) is 5.58. The van der Waals surface area contributed by atoms with Gasteiger partial charge >= 0.3 is 0 Å². The number of aromatic nitrogens is 4. The third-order valence-corrected chi connectivity index (χ3v) is 5.67. The van der Waals surface area contributed by atoms with Crippen LogP contribution in [0.25, 0.3) is 15.5 Å². The average Bonchev–Trinajstić information content (AvgIpc) is 3.26. The van der Waals surface area contributed by atoms with Crippen LogP contribution < -0.4 is 10.6 Å². The van der Waals surface area contributed by atoms with Gasteiger partial charge in [0.15, 0.2) is 5.11 Å². The highest BCUT2D eigenvalue weighted by molar-refractivity contribution is 9.10. The quantitative estimate of drug-likeness (QED) is 0.412. The van der Waals surface area contributed by atoms with Crippen molar-refractivity contribution in [1.29, 1.82) is 0 Å². The Morgan fingerprint density at radius 2 is 2.00 bits per heavy atom. The Morgan fingerprint density at radius 1 is 1.21 bits per heavy atom. The molecule has 2 aromatic carbocycles. The van der Waals surface area contributed by atoms with Crippen molar-refractivity contribution in [3.63, 3.8) is 0 Å². The fourth-order valence-corrected chi connectivity index (χ4v) is 3.98. The Morgan fingerprint density at radius 3 is 2.75 bits per heavy atom. The minimum absolute atomic E-state index is 0.174. The number of carbonyl (C=O) groups is 1. The van der Waals surface area contributed by atoms with Gasteiger partial charge in [-0.15, -0.1) is 10.2 Å². The Kier molecular flexibility index (Phi) is 5.36. The van der Waals surface area contributed by atoms with E-state index in [4.69, 9.17) is 23.8 Å². The predicted octanol–water partition coefficient (Wildman–Crippen LogP) is 4.40. The number of carbonyl (C=O) groups excluding carboxylic acids is 1. The van der Waals surface area contributed by atoms with Crippen molar-refractivity contribution in [3.05, 3.63) is 63.9 Å². The third kappa shape index (κ3) is 4.04. The molecule has 0 aliphatic carbocycles. The van der Waals surface area contributed by atoms with E-state index < -0.39 is 0 Å². The normalized spacial score (nSPS) is 10.8. The molecule has 4 rings (SSSR count). The van der Waals surface area contributed by atoms with Gasteiger partial charge in [-0.3, -0.25) is 10.1 Å². The number of nitrogens with one attached hydrogen (secondary N) is 2. The van der Waals surface area contributed by atoms with Crippen molar-refractivity contribution in [2.24, 2.45) is 0 Å². The van der Waals surface area contributed by atoms with Crippen molar-refractivity contribution < 1.29 is 4.79 Å². The lowest BCUT2D eigenvalue weighted by Gasteiger charge is -2.11. The lowest BCUT2D eigenvalue weighted by molar-refractivity contribution is 0.0978. The Labute approximate surface area is 181 Å². The molecule has 2 heterocycles. The van der Waals surface area contributed by atoms with Crippen LogP contribution in [0.2, 0.25) is 5.02 Å². The zero-order valence-electron chi connectivity index (χ0n) is 13.9. The van der Waals surface area contributed by atoms with E-state index in [1.165, 1.54) is 11.3 Å². The maximum absolute atomic E-state index is 12.4. The summed E-state index contributed by atoms with van der Waals surface area (Å²) in [7, 11) is 0. The molecule has 0 spiro atoms. The van der Waals surface area contributed by atoms with Crippen LogP contribution in [0.15, 0.2) is 53.3 Å². The molecule has 0 bridgehead atoms. The summed E-state index contributed by atoms with van der Waals surface area (Å²) in [6, 6.07) is 12.5. The molecule has 0 aliphatic heterocycles. The molecular formula is C17H10BrClN6OS2. The van der Waals surface area contributed by atoms with Gasteiger partial charge in [-0.05, 0) is 54.7 Å². The van der Waals surface area contributed by atoms with Gasteiger partial charge in [0.2, 0.25) is 4.96 Å². The molecular weight excluding hydrogens is 484 g/mol. The second-order valence-corrected chi connectivity index (χ2v) is 8.26. The number of nitrogens with zero attached hydrogens (tertiary/aromatic N) is 4. The first kappa shape index (κ1) is 18.9. The van der Waals surface area contributed by atoms with E-state index in [9.17, 15) is 4.79 Å². The van der Waals surface area contributed by atoms with Gasteiger partial charge in [-0.2, -0.15) is 9.61 Å². The molecule has 1 amide bonds. The molecule has 0 aliphatic rings. The zero-order chi connectivity index (χ0) is 19.7. The number of fused-ring (bicyclic) bond motifs is 1. The molecule has 0 atom stereocenters. The number of benzene rings is 2. The maximum Gasteiger partial charge on any atom is 0.258 e. The molecule has 0 saturated heterocycles. The summed E-state index contributed by atoms with van der Waals surface area (Å²) in [5.41, 5.74) is 2.01. The van der Waals surface area contributed by atoms with Gasteiger partial charge < -0.3 is 5.32 Å². The lowest BCUT2D eigenvalue weighted by atomic mass is 10.2. The van der Waals surface area contributed by atoms with E-state index in [1.54, 1.807) is 29.0 Å². The van der Waals surface area contributed by atoms with Crippen LogP contribution in [0.3, 0.4) is 0 Å². The van der Waals surface area contributed by atoms with Crippen LogP contribution in [0, 0.1) is 0 Å². The molecule has 2 N–H and O–H groups in total. The molecule has 4 aromatic rings. The minimum Gasteiger partial charge on any atom is -0.332 e. The van der Waals surface area contributed by atoms with E-state index >= 15 is 0 Å². The van der Waals surface area contributed by atoms with Crippen LogP contribution in [0.4, 0.5) is 5.69 Å². The number of hydrogen-bond acceptors (Lipinski definition) is 6. The highest BCUT2D eigenvalue weighted by Crippen LogP contribution is 2.26. The lowest BCUT2D eigenvalue weighted by Crippen LogP contribution is -2.34. The maximum atomic E-state index is 12.4. The summed E-state index contributed by atoms with van der Waals surface area (Å²) < 4.78 is 2.38. The van der Waals surface area contributed by atoms with Crippen molar-refractivity contribution in [2.45, 2.75) is 0 Å². The Balaban J connectivity index is 1.42. The van der Waals surface area contributed by atoms with Crippen LogP contribution in [0.1, 0.15) is 10.4 Å². The standard InChI is InChI=1S/C17H10BrClN6OS2/c18-10-3-6-13(19)12(7-10)14(26)22-16(27)21-11-4-1-9(2-5-11)15-24-25-8-20-23-17(25)28-15/h1-8H,(H2,21,22,26,27). The van der Waals surface area contributed by atoms with Gasteiger partial charge in [0.1, 0.15) is 11.3 Å². The number of hydrogen-bond donors (Lipinski definition) is 2. The molecule has 11 heteroatoms. The predicted molar refractivity (Wildman–Crippen MR) is 117 cm³/mol. The van der Waals surface area contributed by atoms with Crippen molar-refractivity contribution >= 4 is 72.8 Å². The first-order valence-electron chi connectivity index (χ1n) is 7.84. The summed E-state index contributed by atoms with van der Waals surface area (Å²) in [6.45, 7) is 0. The Hall–Kier alpha value is -2.40. The molecule has 7 nitrogen and oxygen atoms in total. The van der Waals surface area contributed by atoms with E-state index in [0.29, 0.717) is 10.6 Å². The van der Waals surface area contributed by atoms with Gasteiger partial charge in [0, 0.05) is 15.7 Å². The largest absolute Gasteiger partial charge is 0.332 e. The number of amides is 1. The summed E-state index contributed by atoms with van der Waals surface area (Å²) in [5.74, 6) is -0.389. The molecule has 140 valence electrons. The monoisotopic (exact) mass is 492 g/mol. The molecule has 0 radical (unpaired) electrons. The fourth-order valence-electron chi connectivity index (χ4n) is 2.38. The third-order valence-electron chi connectivity index (χ3n) is 3.68. The molecule has 2 aromatic heterocycles. The zero-order valence-corrected chi connectivity index (χ0v) is 17.9. The van der Waals surface area contributed by atoms with Crippen molar-refractivity contribution in [3.8, 4) is 10.6 Å². The smallest absolute Gasteiger partial charge is 0.258 e. The van der Waals surface area contributed by atoms with Gasteiger partial charge in [-0.25, -0.2) is 0 Å². The summed E-state index contributed by atoms with van der Waals surface area (Å²) >= 11 is 16.1. The summed E-state index contributed by atoms with van der Waals surface area (Å²) in [6.07, 6.45) is 1.56. The SMILES string of the molecule is O=C(NC(=S)Nc1ccc(-c2nn3cnnc3s2)cc1)c1cc(Br)ccc1Cl. The number of rotatable bonds is 3. The number of anilines is 1. The number of halogens is 2. The molecule has 0 unspecified atom stereocenters. The minimum atomic E-state index is -0.389. The first-order valence-corrected chi connectivity index (χ1v) is 10.2. The van der Waals surface area contributed by atoms with Crippen LogP contribution in [0.5, 0.6) is 0 Å². The van der Waals surface area contributed by atoms with Gasteiger partial charge in [-0.1, -0.05) is 38.9 Å².